The molecule has 0 radical (unpaired) electrons. The molecule has 1 aromatic heterocycles. The highest BCUT2D eigenvalue weighted by Crippen LogP contribution is 2.32. The number of carbonyl (C=O) groups excluding carboxylic acids is 1. The number of aromatic hydroxyl groups is 1. The molecule has 3 rings (SSSR count). The van der Waals surface area contributed by atoms with E-state index in [0.29, 0.717) is 22.1 Å². The zero-order valence-electron chi connectivity index (χ0n) is 13.5. The lowest BCUT2D eigenvalue weighted by Gasteiger charge is -2.05. The van der Waals surface area contributed by atoms with Gasteiger partial charge in [-0.1, -0.05) is 18.2 Å². The van der Waals surface area contributed by atoms with E-state index in [2.05, 4.69) is 10.5 Å². The fourth-order valence-electron chi connectivity index (χ4n) is 2.47. The number of carbonyl (C=O) groups is 1. The minimum atomic E-state index is -4.41. The van der Waals surface area contributed by atoms with Crippen molar-refractivity contribution in [3.63, 3.8) is 0 Å². The van der Waals surface area contributed by atoms with E-state index in [1.54, 1.807) is 19.1 Å². The highest BCUT2D eigenvalue weighted by atomic mass is 19.4. The van der Waals surface area contributed by atoms with Gasteiger partial charge in [-0.25, -0.2) is 5.43 Å². The number of benzene rings is 2. The number of phenols is 1. The predicted molar refractivity (Wildman–Crippen MR) is 89.1 cm³/mol. The maximum Gasteiger partial charge on any atom is 0.416 e. The second-order valence-corrected chi connectivity index (χ2v) is 5.53. The average molecular weight is 362 g/mol. The van der Waals surface area contributed by atoms with E-state index < -0.39 is 17.6 Å². The van der Waals surface area contributed by atoms with Gasteiger partial charge in [-0.15, -0.1) is 0 Å². The van der Waals surface area contributed by atoms with Crippen LogP contribution >= 0.6 is 0 Å². The van der Waals surface area contributed by atoms with Gasteiger partial charge in [0.25, 0.3) is 0 Å². The van der Waals surface area contributed by atoms with Crippen molar-refractivity contribution in [2.75, 3.05) is 0 Å². The number of hydrazone groups is 1. The van der Waals surface area contributed by atoms with Crippen LogP contribution in [-0.4, -0.2) is 17.2 Å². The van der Waals surface area contributed by atoms with Crippen LogP contribution in [0.15, 0.2) is 52.0 Å². The van der Waals surface area contributed by atoms with Crippen molar-refractivity contribution in [2.24, 2.45) is 5.10 Å². The molecule has 1 heterocycles. The summed E-state index contributed by atoms with van der Waals surface area (Å²) in [7, 11) is 0. The second kappa shape index (κ2) is 6.55. The lowest BCUT2D eigenvalue weighted by atomic mass is 10.1. The van der Waals surface area contributed by atoms with Gasteiger partial charge in [-0.2, -0.15) is 18.3 Å². The highest BCUT2D eigenvalue weighted by Gasteiger charge is 2.29. The molecule has 3 aromatic rings. The Kier molecular flexibility index (Phi) is 4.41. The van der Waals surface area contributed by atoms with E-state index >= 15 is 0 Å². The standard InChI is InChI=1S/C18H13F3N2O3/c1-10-15-13(24)3-2-4-14(15)26-16(10)17(25)23-22-9-11-5-7-12(8-6-11)18(19,20)21/h2-9,24H,1H3,(H,23,25). The normalized spacial score (nSPS) is 12.0. The summed E-state index contributed by atoms with van der Waals surface area (Å²) in [6.45, 7) is 1.63. The summed E-state index contributed by atoms with van der Waals surface area (Å²) in [6.07, 6.45) is -3.19. The SMILES string of the molecule is Cc1c(C(=O)NN=Cc2ccc(C(F)(F)F)cc2)oc2cccc(O)c12. The van der Waals surface area contributed by atoms with Crippen LogP contribution in [0.3, 0.4) is 0 Å². The van der Waals surface area contributed by atoms with Gasteiger partial charge in [0.05, 0.1) is 17.2 Å². The molecule has 5 nitrogen and oxygen atoms in total. The lowest BCUT2D eigenvalue weighted by molar-refractivity contribution is -0.137. The molecule has 134 valence electrons. The number of phenolic OH excluding ortho intramolecular Hbond substituents is 1. The zero-order chi connectivity index (χ0) is 18.9. The Labute approximate surface area is 145 Å². The fraction of sp³-hybridized carbons (Fsp3) is 0.111. The van der Waals surface area contributed by atoms with Crippen LogP contribution in [0.4, 0.5) is 13.2 Å². The van der Waals surface area contributed by atoms with Gasteiger partial charge in [0, 0.05) is 5.56 Å². The van der Waals surface area contributed by atoms with E-state index in [-0.39, 0.29) is 11.5 Å². The molecule has 0 aliphatic rings. The first-order valence-electron chi connectivity index (χ1n) is 7.49. The van der Waals surface area contributed by atoms with E-state index in [0.717, 1.165) is 12.1 Å². The summed E-state index contributed by atoms with van der Waals surface area (Å²) in [4.78, 5) is 12.2. The van der Waals surface area contributed by atoms with Crippen molar-refractivity contribution in [1.82, 2.24) is 5.43 Å². The summed E-state index contributed by atoms with van der Waals surface area (Å²) in [5.41, 5.74) is 2.68. The number of furan rings is 1. The maximum atomic E-state index is 12.5. The monoisotopic (exact) mass is 362 g/mol. The van der Waals surface area contributed by atoms with Crippen molar-refractivity contribution in [2.45, 2.75) is 13.1 Å². The van der Waals surface area contributed by atoms with Crippen molar-refractivity contribution < 1.29 is 27.5 Å². The van der Waals surface area contributed by atoms with Gasteiger partial charge >= 0.3 is 12.1 Å². The van der Waals surface area contributed by atoms with Crippen LogP contribution < -0.4 is 5.43 Å². The molecular weight excluding hydrogens is 349 g/mol. The summed E-state index contributed by atoms with van der Waals surface area (Å²) in [5, 5.41) is 14.0. The molecule has 0 atom stereocenters. The molecule has 2 N–H and O–H groups in total. The van der Waals surface area contributed by atoms with Crippen LogP contribution in [-0.2, 0) is 6.18 Å². The number of hydrogen-bond acceptors (Lipinski definition) is 4. The van der Waals surface area contributed by atoms with E-state index in [1.165, 1.54) is 24.4 Å². The first kappa shape index (κ1) is 17.5. The predicted octanol–water partition coefficient (Wildman–Crippen LogP) is 4.23. The number of alkyl halides is 3. The smallest absolute Gasteiger partial charge is 0.416 e. The Hall–Kier alpha value is -3.29. The number of fused-ring (bicyclic) bond motifs is 1. The van der Waals surface area contributed by atoms with Gasteiger partial charge in [0.15, 0.2) is 5.76 Å². The van der Waals surface area contributed by atoms with Crippen molar-refractivity contribution in [3.8, 4) is 5.75 Å². The highest BCUT2D eigenvalue weighted by molar-refractivity contribution is 6.00. The van der Waals surface area contributed by atoms with Gasteiger partial charge in [-0.05, 0) is 36.8 Å². The third-order valence-electron chi connectivity index (χ3n) is 3.76. The van der Waals surface area contributed by atoms with Gasteiger partial charge in [0.1, 0.15) is 11.3 Å². The van der Waals surface area contributed by atoms with Crippen LogP contribution in [0.25, 0.3) is 11.0 Å². The van der Waals surface area contributed by atoms with Crippen molar-refractivity contribution >= 4 is 23.1 Å². The van der Waals surface area contributed by atoms with Crippen molar-refractivity contribution in [3.05, 3.63) is 64.9 Å². The minimum absolute atomic E-state index is 0.00365. The third kappa shape index (κ3) is 3.39. The lowest BCUT2D eigenvalue weighted by Crippen LogP contribution is -2.17. The fourth-order valence-corrected chi connectivity index (χ4v) is 2.47. The molecule has 0 spiro atoms. The number of rotatable bonds is 3. The molecule has 2 aromatic carbocycles. The quantitative estimate of drug-likeness (QED) is 0.541. The number of halogens is 3. The Balaban J connectivity index is 1.74. The summed E-state index contributed by atoms with van der Waals surface area (Å²) in [5.74, 6) is -0.650. The number of hydrogen-bond donors (Lipinski definition) is 2. The van der Waals surface area contributed by atoms with E-state index in [4.69, 9.17) is 4.42 Å². The largest absolute Gasteiger partial charge is 0.507 e. The Bertz CT molecular complexity index is 989. The summed E-state index contributed by atoms with van der Waals surface area (Å²) in [6, 6.07) is 9.02. The molecule has 8 heteroatoms. The molecule has 0 fully saturated rings. The minimum Gasteiger partial charge on any atom is -0.507 e. The topological polar surface area (TPSA) is 74.8 Å². The van der Waals surface area contributed by atoms with Gasteiger partial charge in [-0.3, -0.25) is 4.79 Å². The first-order chi connectivity index (χ1) is 12.3. The Morgan fingerprint density at radius 3 is 2.50 bits per heavy atom. The summed E-state index contributed by atoms with van der Waals surface area (Å²) >= 11 is 0. The molecule has 0 bridgehead atoms. The number of nitrogens with zero attached hydrogens (tertiary/aromatic N) is 1. The number of amides is 1. The first-order valence-corrected chi connectivity index (χ1v) is 7.49. The van der Waals surface area contributed by atoms with Crippen LogP contribution in [0.5, 0.6) is 5.75 Å². The third-order valence-corrected chi connectivity index (χ3v) is 3.76. The molecule has 0 saturated heterocycles. The Morgan fingerprint density at radius 1 is 1.19 bits per heavy atom. The number of nitrogens with one attached hydrogen (secondary N) is 1. The van der Waals surface area contributed by atoms with E-state index in [1.807, 2.05) is 0 Å². The molecule has 0 aliphatic carbocycles. The average Bonchev–Trinajstić information content (AvgIpc) is 2.93. The molecular formula is C18H13F3N2O3. The molecule has 26 heavy (non-hydrogen) atoms. The van der Waals surface area contributed by atoms with Gasteiger partial charge in [0.2, 0.25) is 0 Å². The molecule has 0 saturated carbocycles. The molecule has 0 unspecified atom stereocenters. The summed E-state index contributed by atoms with van der Waals surface area (Å²) < 4.78 is 42.9. The van der Waals surface area contributed by atoms with Crippen LogP contribution in [0.2, 0.25) is 0 Å². The van der Waals surface area contributed by atoms with Crippen LogP contribution in [0.1, 0.15) is 27.2 Å². The van der Waals surface area contributed by atoms with E-state index in [9.17, 15) is 23.1 Å². The van der Waals surface area contributed by atoms with Crippen LogP contribution in [0, 0.1) is 6.92 Å². The zero-order valence-corrected chi connectivity index (χ0v) is 13.5. The Morgan fingerprint density at radius 2 is 1.88 bits per heavy atom. The molecule has 0 aliphatic heterocycles. The maximum absolute atomic E-state index is 12.5. The second-order valence-electron chi connectivity index (χ2n) is 5.53. The molecule has 1 amide bonds. The number of aryl methyl sites for hydroxylation is 1. The van der Waals surface area contributed by atoms with Gasteiger partial charge < -0.3 is 9.52 Å². The van der Waals surface area contributed by atoms with Crippen molar-refractivity contribution in [1.29, 1.82) is 0 Å².